The summed E-state index contributed by atoms with van der Waals surface area (Å²) in [5.74, 6) is -1.23. The summed E-state index contributed by atoms with van der Waals surface area (Å²) < 4.78 is 47.1. The zero-order valence-electron chi connectivity index (χ0n) is 13.2. The van der Waals surface area contributed by atoms with Crippen molar-refractivity contribution in [3.05, 3.63) is 78.3 Å². The van der Waals surface area contributed by atoms with E-state index in [0.29, 0.717) is 17.0 Å². The van der Waals surface area contributed by atoms with Crippen molar-refractivity contribution in [3.63, 3.8) is 0 Å². The third kappa shape index (κ3) is 3.21. The lowest BCUT2D eigenvalue weighted by molar-refractivity contribution is 0.288. The van der Waals surface area contributed by atoms with Crippen LogP contribution in [0.25, 0.3) is 16.9 Å². The van der Waals surface area contributed by atoms with Crippen LogP contribution < -0.4 is 4.74 Å². The van der Waals surface area contributed by atoms with Crippen molar-refractivity contribution in [2.45, 2.75) is 6.61 Å². The molecule has 4 aromatic rings. The van der Waals surface area contributed by atoms with Crippen molar-refractivity contribution in [2.24, 2.45) is 0 Å². The lowest BCUT2D eigenvalue weighted by Crippen LogP contribution is -1.97. The summed E-state index contributed by atoms with van der Waals surface area (Å²) in [5, 5.41) is 0. The van der Waals surface area contributed by atoms with Crippen LogP contribution in [0.15, 0.2) is 55.1 Å². The normalized spacial score (nSPS) is 11.0. The van der Waals surface area contributed by atoms with E-state index in [4.69, 9.17) is 4.74 Å². The topological polar surface area (TPSA) is 52.3 Å². The number of nitrogens with zero attached hydrogens (tertiary/aromatic N) is 4. The summed E-state index contributed by atoms with van der Waals surface area (Å²) in [4.78, 5) is 12.3. The molecule has 0 saturated heterocycles. The smallest absolute Gasteiger partial charge is 0.234 e. The molecule has 0 spiro atoms. The molecule has 8 heteroatoms. The molecule has 26 heavy (non-hydrogen) atoms. The molecule has 0 unspecified atom stereocenters. The second-order valence-electron chi connectivity index (χ2n) is 5.51. The molecule has 0 N–H and O–H groups in total. The van der Waals surface area contributed by atoms with Gasteiger partial charge in [0.25, 0.3) is 0 Å². The van der Waals surface area contributed by atoms with Gasteiger partial charge in [-0.2, -0.15) is 0 Å². The maximum atomic E-state index is 13.9. The van der Waals surface area contributed by atoms with Crippen molar-refractivity contribution in [1.29, 1.82) is 0 Å². The first kappa shape index (κ1) is 16.1. The number of aromatic nitrogens is 4. The van der Waals surface area contributed by atoms with Crippen LogP contribution in [-0.2, 0) is 6.61 Å². The number of halogens is 3. The van der Waals surface area contributed by atoms with Gasteiger partial charge in [0.15, 0.2) is 0 Å². The van der Waals surface area contributed by atoms with Crippen molar-refractivity contribution in [3.8, 4) is 17.0 Å². The van der Waals surface area contributed by atoms with Crippen LogP contribution in [0, 0.1) is 17.5 Å². The molecule has 0 bridgehead atoms. The fourth-order valence-electron chi connectivity index (χ4n) is 2.48. The largest absolute Gasteiger partial charge is 0.471 e. The van der Waals surface area contributed by atoms with E-state index in [9.17, 15) is 13.2 Å². The van der Waals surface area contributed by atoms with Gasteiger partial charge >= 0.3 is 0 Å². The third-order valence-electron chi connectivity index (χ3n) is 3.67. The first-order chi connectivity index (χ1) is 12.6. The summed E-state index contributed by atoms with van der Waals surface area (Å²) >= 11 is 0. The monoisotopic (exact) mass is 356 g/mol. The van der Waals surface area contributed by atoms with E-state index < -0.39 is 17.5 Å². The first-order valence-corrected chi connectivity index (χ1v) is 7.62. The molecule has 0 saturated carbocycles. The Morgan fingerprint density at radius 3 is 2.62 bits per heavy atom. The average molecular weight is 356 g/mol. The lowest BCUT2D eigenvalue weighted by atomic mass is 10.1. The van der Waals surface area contributed by atoms with Crippen molar-refractivity contribution >= 4 is 5.78 Å². The van der Waals surface area contributed by atoms with Gasteiger partial charge in [0.1, 0.15) is 24.1 Å². The van der Waals surface area contributed by atoms with E-state index in [2.05, 4.69) is 15.0 Å². The highest BCUT2D eigenvalue weighted by Crippen LogP contribution is 2.23. The Morgan fingerprint density at radius 2 is 1.81 bits per heavy atom. The van der Waals surface area contributed by atoms with Crippen LogP contribution in [0.5, 0.6) is 5.88 Å². The molecule has 4 rings (SSSR count). The molecule has 0 aliphatic heterocycles. The molecule has 0 amide bonds. The van der Waals surface area contributed by atoms with Crippen LogP contribution in [-0.4, -0.2) is 19.4 Å². The maximum Gasteiger partial charge on any atom is 0.234 e. The van der Waals surface area contributed by atoms with E-state index in [1.54, 1.807) is 16.8 Å². The number of hydrogen-bond acceptors (Lipinski definition) is 4. The van der Waals surface area contributed by atoms with Crippen LogP contribution >= 0.6 is 0 Å². The predicted octanol–water partition coefficient (Wildman–Crippen LogP) is 3.79. The van der Waals surface area contributed by atoms with Crippen molar-refractivity contribution in [2.75, 3.05) is 0 Å². The van der Waals surface area contributed by atoms with Gasteiger partial charge in [-0.25, -0.2) is 28.1 Å². The highest BCUT2D eigenvalue weighted by atomic mass is 19.1. The first-order valence-electron chi connectivity index (χ1n) is 7.62. The quantitative estimate of drug-likeness (QED) is 0.558. The fourth-order valence-corrected chi connectivity index (χ4v) is 2.48. The predicted molar refractivity (Wildman–Crippen MR) is 86.9 cm³/mol. The molecule has 3 heterocycles. The molecule has 0 aliphatic rings. The van der Waals surface area contributed by atoms with Gasteiger partial charge in [-0.15, -0.1) is 0 Å². The maximum absolute atomic E-state index is 13.9. The molecule has 0 radical (unpaired) electrons. The van der Waals surface area contributed by atoms with Gasteiger partial charge < -0.3 is 4.74 Å². The van der Waals surface area contributed by atoms with Gasteiger partial charge in [-0.3, -0.25) is 4.40 Å². The second kappa shape index (κ2) is 6.47. The van der Waals surface area contributed by atoms with E-state index in [1.807, 2.05) is 0 Å². The molecule has 3 aromatic heterocycles. The Hall–Kier alpha value is -3.42. The molecule has 1 aromatic carbocycles. The number of hydrogen-bond donors (Lipinski definition) is 0. The van der Waals surface area contributed by atoms with E-state index >= 15 is 0 Å². The molecular weight excluding hydrogens is 345 g/mol. The SMILES string of the molecule is Fc1ccnc(OCc2cn3cc(-c4ccc(F)cc4F)cnc3n2)c1. The molecule has 0 aliphatic carbocycles. The van der Waals surface area contributed by atoms with Crippen LogP contribution in [0.4, 0.5) is 13.2 Å². The Kier molecular flexibility index (Phi) is 4.00. The molecule has 5 nitrogen and oxygen atoms in total. The van der Waals surface area contributed by atoms with Crippen LogP contribution in [0.2, 0.25) is 0 Å². The molecule has 0 atom stereocenters. The summed E-state index contributed by atoms with van der Waals surface area (Å²) in [6, 6.07) is 5.74. The second-order valence-corrected chi connectivity index (χ2v) is 5.51. The number of ether oxygens (including phenoxy) is 1. The van der Waals surface area contributed by atoms with Gasteiger partial charge in [0.2, 0.25) is 11.7 Å². The van der Waals surface area contributed by atoms with Gasteiger partial charge in [-0.1, -0.05) is 0 Å². The van der Waals surface area contributed by atoms with Crippen LogP contribution in [0.1, 0.15) is 5.69 Å². The Morgan fingerprint density at radius 1 is 0.962 bits per heavy atom. The highest BCUT2D eigenvalue weighted by molar-refractivity contribution is 5.63. The van der Waals surface area contributed by atoms with Crippen molar-refractivity contribution < 1.29 is 17.9 Å². The summed E-state index contributed by atoms with van der Waals surface area (Å²) in [6.45, 7) is 0.0695. The fraction of sp³-hybridized carbons (Fsp3) is 0.0556. The van der Waals surface area contributed by atoms with Gasteiger partial charge in [0.05, 0.1) is 5.69 Å². The lowest BCUT2D eigenvalue weighted by Gasteiger charge is -2.03. The number of pyridine rings is 1. The number of fused-ring (bicyclic) bond motifs is 1. The van der Waals surface area contributed by atoms with Gasteiger partial charge in [-0.05, 0) is 18.2 Å². The van der Waals surface area contributed by atoms with Crippen molar-refractivity contribution in [1.82, 2.24) is 19.4 Å². The minimum atomic E-state index is -0.674. The highest BCUT2D eigenvalue weighted by Gasteiger charge is 2.10. The summed E-state index contributed by atoms with van der Waals surface area (Å²) in [5.41, 5.74) is 1.25. The minimum absolute atomic E-state index is 0.0695. The Bertz CT molecular complexity index is 1100. The zero-order valence-corrected chi connectivity index (χ0v) is 13.2. The average Bonchev–Trinajstić information content (AvgIpc) is 3.02. The Labute approximate surface area is 145 Å². The van der Waals surface area contributed by atoms with E-state index in [0.717, 1.165) is 6.07 Å². The van der Waals surface area contributed by atoms with E-state index in [1.165, 1.54) is 36.7 Å². The molecular formula is C18H11F3N4O. The summed E-state index contributed by atoms with van der Waals surface area (Å²) in [6.07, 6.45) is 6.05. The third-order valence-corrected chi connectivity index (χ3v) is 3.67. The van der Waals surface area contributed by atoms with Gasteiger partial charge in [0, 0.05) is 48.0 Å². The zero-order chi connectivity index (χ0) is 18.1. The molecule has 130 valence electrons. The summed E-state index contributed by atoms with van der Waals surface area (Å²) in [7, 11) is 0. The van der Waals surface area contributed by atoms with Crippen LogP contribution in [0.3, 0.4) is 0 Å². The number of benzene rings is 1. The minimum Gasteiger partial charge on any atom is -0.471 e. The van der Waals surface area contributed by atoms with E-state index in [-0.39, 0.29) is 18.1 Å². The Balaban J connectivity index is 1.59. The molecule has 0 fully saturated rings. The standard InChI is InChI=1S/C18H11F3N4O/c19-12-1-2-15(16(21)5-12)11-7-23-18-24-14(9-25(18)8-11)10-26-17-6-13(20)3-4-22-17/h1-9H,10H2. The number of rotatable bonds is 4. The number of imidazole rings is 1.